The van der Waals surface area contributed by atoms with E-state index < -0.39 is 0 Å². The molecule has 0 saturated carbocycles. The molecule has 0 aliphatic carbocycles. The van der Waals surface area contributed by atoms with Crippen molar-refractivity contribution in [1.29, 1.82) is 0 Å². The molecule has 0 amide bonds. The Kier molecular flexibility index (Phi) is 5.80. The maximum absolute atomic E-state index is 5.48. The predicted molar refractivity (Wildman–Crippen MR) is 75.6 cm³/mol. The molecule has 18 heavy (non-hydrogen) atoms. The Morgan fingerprint density at radius 2 is 2.00 bits per heavy atom. The molecule has 0 unspecified atom stereocenters. The van der Waals surface area contributed by atoms with Gasteiger partial charge in [0.2, 0.25) is 0 Å². The standard InChI is InChI=1S/C12H24N6/c1-5-18(4)7-6-14-11-10(9(2)3)12(17-13)16-8-15-11/h8-9H,5-7,13H2,1-4H3,(H2,14,15,16,17). The number of nitrogens with two attached hydrogens (primary N) is 1. The van der Waals surface area contributed by atoms with Crippen LogP contribution in [0.25, 0.3) is 0 Å². The maximum atomic E-state index is 5.48. The van der Waals surface area contributed by atoms with Gasteiger partial charge in [0.25, 0.3) is 0 Å². The van der Waals surface area contributed by atoms with Crippen LogP contribution < -0.4 is 16.6 Å². The fourth-order valence-corrected chi connectivity index (χ4v) is 1.72. The molecule has 0 aliphatic heterocycles. The van der Waals surface area contributed by atoms with Crippen LogP contribution in [0.15, 0.2) is 6.33 Å². The fraction of sp³-hybridized carbons (Fsp3) is 0.667. The van der Waals surface area contributed by atoms with Crippen molar-refractivity contribution in [2.24, 2.45) is 5.84 Å². The summed E-state index contributed by atoms with van der Waals surface area (Å²) in [5, 5.41) is 3.35. The van der Waals surface area contributed by atoms with Crippen molar-refractivity contribution in [2.75, 3.05) is 37.4 Å². The summed E-state index contributed by atoms with van der Waals surface area (Å²) in [6.07, 6.45) is 1.52. The smallest absolute Gasteiger partial charge is 0.148 e. The Labute approximate surface area is 109 Å². The average molecular weight is 252 g/mol. The van der Waals surface area contributed by atoms with E-state index in [1.807, 2.05) is 0 Å². The molecule has 1 aromatic rings. The van der Waals surface area contributed by atoms with E-state index >= 15 is 0 Å². The molecule has 0 saturated heterocycles. The van der Waals surface area contributed by atoms with Gasteiger partial charge in [-0.3, -0.25) is 0 Å². The highest BCUT2D eigenvalue weighted by molar-refractivity contribution is 5.58. The molecule has 0 aromatic carbocycles. The van der Waals surface area contributed by atoms with Gasteiger partial charge in [-0.15, -0.1) is 0 Å². The molecule has 0 atom stereocenters. The minimum Gasteiger partial charge on any atom is -0.368 e. The second-order valence-corrected chi connectivity index (χ2v) is 4.61. The van der Waals surface area contributed by atoms with Crippen LogP contribution in [-0.4, -0.2) is 41.5 Å². The van der Waals surface area contributed by atoms with Crippen LogP contribution in [0.2, 0.25) is 0 Å². The Morgan fingerprint density at radius 1 is 1.33 bits per heavy atom. The minimum absolute atomic E-state index is 0.309. The first-order valence-corrected chi connectivity index (χ1v) is 6.34. The van der Waals surface area contributed by atoms with E-state index in [1.165, 1.54) is 6.33 Å². The molecule has 0 radical (unpaired) electrons. The van der Waals surface area contributed by atoms with E-state index in [1.54, 1.807) is 0 Å². The van der Waals surface area contributed by atoms with Gasteiger partial charge in [-0.1, -0.05) is 20.8 Å². The number of nitrogen functional groups attached to an aromatic ring is 1. The number of anilines is 2. The van der Waals surface area contributed by atoms with E-state index in [2.05, 4.69) is 53.4 Å². The van der Waals surface area contributed by atoms with E-state index in [9.17, 15) is 0 Å². The Morgan fingerprint density at radius 3 is 2.56 bits per heavy atom. The number of hydrazine groups is 1. The van der Waals surface area contributed by atoms with Crippen molar-refractivity contribution >= 4 is 11.6 Å². The van der Waals surface area contributed by atoms with Gasteiger partial charge in [-0.25, -0.2) is 15.8 Å². The zero-order valence-corrected chi connectivity index (χ0v) is 11.7. The van der Waals surface area contributed by atoms with E-state index in [4.69, 9.17) is 5.84 Å². The van der Waals surface area contributed by atoms with Crippen LogP contribution in [0, 0.1) is 0 Å². The summed E-state index contributed by atoms with van der Waals surface area (Å²) in [4.78, 5) is 10.7. The monoisotopic (exact) mass is 252 g/mol. The molecule has 102 valence electrons. The zero-order valence-electron chi connectivity index (χ0n) is 11.7. The second-order valence-electron chi connectivity index (χ2n) is 4.61. The molecule has 6 heteroatoms. The highest BCUT2D eigenvalue weighted by Gasteiger charge is 2.13. The SMILES string of the molecule is CCN(C)CCNc1ncnc(NN)c1C(C)C. The highest BCUT2D eigenvalue weighted by atomic mass is 15.3. The van der Waals surface area contributed by atoms with Crippen LogP contribution in [0.4, 0.5) is 11.6 Å². The maximum Gasteiger partial charge on any atom is 0.148 e. The van der Waals surface area contributed by atoms with Gasteiger partial charge in [0, 0.05) is 18.7 Å². The van der Waals surface area contributed by atoms with Crippen molar-refractivity contribution in [1.82, 2.24) is 14.9 Å². The van der Waals surface area contributed by atoms with Crippen LogP contribution >= 0.6 is 0 Å². The number of rotatable bonds is 7. The van der Waals surface area contributed by atoms with Gasteiger partial charge >= 0.3 is 0 Å². The van der Waals surface area contributed by atoms with Crippen LogP contribution in [0.1, 0.15) is 32.3 Å². The lowest BCUT2D eigenvalue weighted by Crippen LogP contribution is -2.25. The lowest BCUT2D eigenvalue weighted by Gasteiger charge is -2.18. The van der Waals surface area contributed by atoms with Crippen LogP contribution in [0.3, 0.4) is 0 Å². The lowest BCUT2D eigenvalue weighted by atomic mass is 10.0. The summed E-state index contributed by atoms with van der Waals surface area (Å²) in [6.45, 7) is 9.21. The molecule has 0 fully saturated rings. The largest absolute Gasteiger partial charge is 0.368 e. The topological polar surface area (TPSA) is 79.1 Å². The fourth-order valence-electron chi connectivity index (χ4n) is 1.72. The van der Waals surface area contributed by atoms with Crippen molar-refractivity contribution < 1.29 is 0 Å². The van der Waals surface area contributed by atoms with Crippen molar-refractivity contribution in [3.05, 3.63) is 11.9 Å². The van der Waals surface area contributed by atoms with Crippen molar-refractivity contribution in [3.8, 4) is 0 Å². The number of nitrogens with zero attached hydrogens (tertiary/aromatic N) is 3. The summed E-state index contributed by atoms with van der Waals surface area (Å²) < 4.78 is 0. The number of hydrogen-bond acceptors (Lipinski definition) is 6. The third kappa shape index (κ3) is 3.82. The van der Waals surface area contributed by atoms with Crippen molar-refractivity contribution in [3.63, 3.8) is 0 Å². The van der Waals surface area contributed by atoms with Gasteiger partial charge < -0.3 is 15.6 Å². The van der Waals surface area contributed by atoms with E-state index in [0.717, 1.165) is 31.0 Å². The van der Waals surface area contributed by atoms with Gasteiger partial charge in [0.15, 0.2) is 0 Å². The van der Waals surface area contributed by atoms with Gasteiger partial charge in [-0.2, -0.15) is 0 Å². The Balaban J connectivity index is 2.75. The Bertz CT molecular complexity index is 366. The summed E-state index contributed by atoms with van der Waals surface area (Å²) in [6, 6.07) is 0. The quantitative estimate of drug-likeness (QED) is 0.501. The molecule has 0 spiro atoms. The molecular weight excluding hydrogens is 228 g/mol. The molecule has 1 heterocycles. The summed E-state index contributed by atoms with van der Waals surface area (Å²) in [5.74, 6) is 7.33. The van der Waals surface area contributed by atoms with Crippen molar-refractivity contribution in [2.45, 2.75) is 26.7 Å². The van der Waals surface area contributed by atoms with Crippen LogP contribution in [-0.2, 0) is 0 Å². The number of likely N-dealkylation sites (N-methyl/N-ethyl adjacent to an activating group) is 1. The van der Waals surface area contributed by atoms with E-state index in [-0.39, 0.29) is 0 Å². The number of aromatic nitrogens is 2. The van der Waals surface area contributed by atoms with Gasteiger partial charge in [-0.05, 0) is 19.5 Å². The summed E-state index contributed by atoms with van der Waals surface area (Å²) in [7, 11) is 2.10. The molecule has 6 nitrogen and oxygen atoms in total. The molecule has 1 rings (SSSR count). The molecular formula is C12H24N6. The summed E-state index contributed by atoms with van der Waals surface area (Å²) in [5.41, 5.74) is 3.65. The molecule has 4 N–H and O–H groups in total. The molecule has 0 aliphatic rings. The number of hydrogen-bond donors (Lipinski definition) is 3. The molecule has 0 bridgehead atoms. The van der Waals surface area contributed by atoms with Crippen LogP contribution in [0.5, 0.6) is 0 Å². The summed E-state index contributed by atoms with van der Waals surface area (Å²) >= 11 is 0. The number of nitrogens with one attached hydrogen (secondary N) is 2. The third-order valence-electron chi connectivity index (χ3n) is 2.92. The molecule has 1 aromatic heterocycles. The van der Waals surface area contributed by atoms with E-state index in [0.29, 0.717) is 11.7 Å². The lowest BCUT2D eigenvalue weighted by molar-refractivity contribution is 0.367. The predicted octanol–water partition coefficient (Wildman–Crippen LogP) is 1.25. The first kappa shape index (κ1) is 14.7. The Hall–Kier alpha value is -1.40. The normalized spacial score (nSPS) is 11.1. The highest BCUT2D eigenvalue weighted by Crippen LogP contribution is 2.27. The zero-order chi connectivity index (χ0) is 13.5. The first-order valence-electron chi connectivity index (χ1n) is 6.34. The average Bonchev–Trinajstić information content (AvgIpc) is 2.37. The van der Waals surface area contributed by atoms with Gasteiger partial charge in [0.1, 0.15) is 18.0 Å². The minimum atomic E-state index is 0.309. The first-order chi connectivity index (χ1) is 8.60. The third-order valence-corrected chi connectivity index (χ3v) is 2.92. The second kappa shape index (κ2) is 7.13. The van der Waals surface area contributed by atoms with Gasteiger partial charge in [0.05, 0.1) is 0 Å².